The number of allylic oxidation sites excluding steroid dienone is 2. The van der Waals surface area contributed by atoms with Crippen molar-refractivity contribution in [2.24, 2.45) is 5.92 Å². The van der Waals surface area contributed by atoms with Gasteiger partial charge in [0.05, 0.1) is 9.51 Å². The van der Waals surface area contributed by atoms with Gasteiger partial charge in [-0.15, -0.1) is 0 Å². The summed E-state index contributed by atoms with van der Waals surface area (Å²) in [5.41, 5.74) is 2.23. The van der Waals surface area contributed by atoms with Crippen molar-refractivity contribution < 1.29 is 14.3 Å². The first-order valence-corrected chi connectivity index (χ1v) is 8.72. The topological polar surface area (TPSA) is 37.3 Å². The van der Waals surface area contributed by atoms with Crippen LogP contribution in [0.5, 0.6) is 5.75 Å². The van der Waals surface area contributed by atoms with Gasteiger partial charge in [0.15, 0.2) is 17.3 Å². The highest BCUT2D eigenvalue weighted by atomic mass is 79.9. The molecule has 1 N–H and O–H groups in total. The molecule has 2 aliphatic carbocycles. The Labute approximate surface area is 143 Å². The van der Waals surface area contributed by atoms with Crippen LogP contribution in [0.4, 0.5) is 4.39 Å². The number of hydrogen-bond acceptors (Lipinski definition) is 2. The summed E-state index contributed by atoms with van der Waals surface area (Å²) in [5, 5.41) is 9.59. The molecule has 2 aliphatic rings. The van der Waals surface area contributed by atoms with Crippen molar-refractivity contribution in [2.45, 2.75) is 46.0 Å². The molecule has 2 nitrogen and oxygen atoms in total. The van der Waals surface area contributed by atoms with Gasteiger partial charge in [0.1, 0.15) is 0 Å². The van der Waals surface area contributed by atoms with Crippen LogP contribution >= 0.6 is 27.5 Å². The summed E-state index contributed by atoms with van der Waals surface area (Å²) >= 11 is 9.28. The Kier molecular flexibility index (Phi) is 5.67. The summed E-state index contributed by atoms with van der Waals surface area (Å²) in [7, 11) is 0. The van der Waals surface area contributed by atoms with E-state index in [9.17, 15) is 14.3 Å². The summed E-state index contributed by atoms with van der Waals surface area (Å²) < 4.78 is 14.1. The lowest BCUT2D eigenvalue weighted by Crippen LogP contribution is -2.13. The Morgan fingerprint density at radius 3 is 2.64 bits per heavy atom. The predicted molar refractivity (Wildman–Crippen MR) is 90.9 cm³/mol. The molecule has 0 heterocycles. The van der Waals surface area contributed by atoms with E-state index in [2.05, 4.69) is 29.8 Å². The number of rotatable bonds is 1. The number of fused-ring (bicyclic) bond motifs is 3. The van der Waals surface area contributed by atoms with E-state index in [0.717, 1.165) is 17.6 Å². The second-order valence-corrected chi connectivity index (χ2v) is 6.81. The molecule has 1 aromatic carbocycles. The molecule has 1 atom stereocenters. The van der Waals surface area contributed by atoms with Crippen LogP contribution in [-0.4, -0.2) is 10.9 Å². The second-order valence-electron chi connectivity index (χ2n) is 5.64. The standard InChI is InChI=1S/C13H9BrClFO2.C4H10/c14-11-9(17)2-1-5-3-7-6(10(5)11)4-8(16)13(18)12(7)15;1-3-4-2/h4-5,18H,1-3H2;3-4H2,1-2H3. The third-order valence-corrected chi connectivity index (χ3v) is 5.42. The minimum absolute atomic E-state index is 0.0405. The van der Waals surface area contributed by atoms with Gasteiger partial charge in [-0.3, -0.25) is 4.79 Å². The van der Waals surface area contributed by atoms with Crippen LogP contribution in [-0.2, 0) is 11.2 Å². The summed E-state index contributed by atoms with van der Waals surface area (Å²) in [6.45, 7) is 4.36. The van der Waals surface area contributed by atoms with Gasteiger partial charge in [-0.25, -0.2) is 4.39 Å². The van der Waals surface area contributed by atoms with Crippen molar-refractivity contribution in [2.75, 3.05) is 0 Å². The number of Topliss-reactive ketones (excluding diaryl/α,β-unsaturated/α-hetero) is 1. The van der Waals surface area contributed by atoms with Gasteiger partial charge < -0.3 is 5.11 Å². The first-order chi connectivity index (χ1) is 10.4. The average molecular weight is 390 g/mol. The maximum Gasteiger partial charge on any atom is 0.170 e. The monoisotopic (exact) mass is 388 g/mol. The minimum atomic E-state index is -0.745. The van der Waals surface area contributed by atoms with Gasteiger partial charge in [-0.05, 0) is 57.5 Å². The number of benzene rings is 1. The maximum absolute atomic E-state index is 13.6. The van der Waals surface area contributed by atoms with Crippen LogP contribution in [0, 0.1) is 11.7 Å². The van der Waals surface area contributed by atoms with Gasteiger partial charge in [0, 0.05) is 6.42 Å². The van der Waals surface area contributed by atoms with Crippen molar-refractivity contribution in [3.8, 4) is 5.75 Å². The Balaban J connectivity index is 0.000000396. The molecule has 3 rings (SSSR count). The molecule has 0 radical (unpaired) electrons. The van der Waals surface area contributed by atoms with E-state index < -0.39 is 11.6 Å². The second kappa shape index (κ2) is 7.14. The molecule has 120 valence electrons. The molecule has 1 unspecified atom stereocenters. The largest absolute Gasteiger partial charge is 0.504 e. The number of aromatic hydroxyl groups is 1. The van der Waals surface area contributed by atoms with Crippen LogP contribution in [0.1, 0.15) is 50.7 Å². The van der Waals surface area contributed by atoms with Crippen LogP contribution in [0.25, 0.3) is 5.57 Å². The molecule has 5 heteroatoms. The summed E-state index contributed by atoms with van der Waals surface area (Å²) in [6, 6.07) is 1.27. The molecule has 0 spiro atoms. The van der Waals surface area contributed by atoms with Crippen molar-refractivity contribution in [3.05, 3.63) is 32.5 Å². The molecular formula is C17H19BrClFO2. The summed E-state index contributed by atoms with van der Waals surface area (Å²) in [6.07, 6.45) is 4.53. The van der Waals surface area contributed by atoms with Crippen molar-refractivity contribution in [3.63, 3.8) is 0 Å². The normalized spacial score (nSPS) is 19.5. The average Bonchev–Trinajstić information content (AvgIpc) is 2.88. The third kappa shape index (κ3) is 3.09. The lowest BCUT2D eigenvalue weighted by Gasteiger charge is -2.19. The van der Waals surface area contributed by atoms with E-state index in [1.54, 1.807) is 0 Å². The van der Waals surface area contributed by atoms with Crippen LogP contribution in [0.3, 0.4) is 0 Å². The fourth-order valence-electron chi connectivity index (χ4n) is 2.77. The van der Waals surface area contributed by atoms with Crippen LogP contribution in [0.15, 0.2) is 10.5 Å². The first kappa shape index (κ1) is 17.5. The fourth-order valence-corrected chi connectivity index (χ4v) is 3.77. The highest BCUT2D eigenvalue weighted by Gasteiger charge is 2.37. The number of phenolic OH excluding ortho intramolecular Hbond substituents is 1. The Morgan fingerprint density at radius 1 is 1.41 bits per heavy atom. The van der Waals surface area contributed by atoms with Gasteiger partial charge in [0.2, 0.25) is 0 Å². The molecule has 0 aliphatic heterocycles. The Hall–Kier alpha value is -0.870. The zero-order valence-corrected chi connectivity index (χ0v) is 15.0. The number of hydrogen-bond donors (Lipinski definition) is 1. The smallest absolute Gasteiger partial charge is 0.170 e. The predicted octanol–water partition coefficient (Wildman–Crippen LogP) is 5.63. The minimum Gasteiger partial charge on any atom is -0.504 e. The van der Waals surface area contributed by atoms with E-state index in [1.807, 2.05) is 0 Å². The Morgan fingerprint density at radius 2 is 2.05 bits per heavy atom. The molecule has 0 saturated carbocycles. The maximum atomic E-state index is 13.6. The fraction of sp³-hybridized carbons (Fsp3) is 0.471. The van der Waals surface area contributed by atoms with Gasteiger partial charge >= 0.3 is 0 Å². The van der Waals surface area contributed by atoms with E-state index in [0.29, 0.717) is 22.9 Å². The van der Waals surface area contributed by atoms with Crippen molar-refractivity contribution in [1.82, 2.24) is 0 Å². The summed E-state index contributed by atoms with van der Waals surface area (Å²) in [4.78, 5) is 11.7. The van der Waals surface area contributed by atoms with E-state index in [4.69, 9.17) is 11.6 Å². The lowest BCUT2D eigenvalue weighted by atomic mass is 9.88. The highest BCUT2D eigenvalue weighted by molar-refractivity contribution is 9.12. The number of carbonyl (C=O) groups is 1. The first-order valence-electron chi connectivity index (χ1n) is 7.55. The number of phenols is 1. The molecule has 1 aromatic rings. The molecule has 22 heavy (non-hydrogen) atoms. The number of unbranched alkanes of at least 4 members (excludes halogenated alkanes) is 1. The number of carbonyl (C=O) groups excluding carboxylic acids is 1. The zero-order chi connectivity index (χ0) is 16.4. The molecule has 0 fully saturated rings. The molecule has 0 amide bonds. The van der Waals surface area contributed by atoms with E-state index >= 15 is 0 Å². The molecule has 0 bridgehead atoms. The van der Waals surface area contributed by atoms with Gasteiger partial charge in [0.25, 0.3) is 0 Å². The van der Waals surface area contributed by atoms with E-state index in [-0.39, 0.29) is 16.7 Å². The molecule has 0 aromatic heterocycles. The SMILES string of the molecule is CCCC.O=C1CCC2Cc3c(cc(F)c(O)c3Cl)C2=C1Br. The van der Waals surface area contributed by atoms with Gasteiger partial charge in [-0.2, -0.15) is 0 Å². The van der Waals surface area contributed by atoms with E-state index in [1.165, 1.54) is 18.9 Å². The van der Waals surface area contributed by atoms with Crippen LogP contribution in [0.2, 0.25) is 5.02 Å². The quantitative estimate of drug-likeness (QED) is 0.675. The van der Waals surface area contributed by atoms with Crippen molar-refractivity contribution in [1.29, 1.82) is 0 Å². The van der Waals surface area contributed by atoms with Crippen LogP contribution < -0.4 is 0 Å². The molecule has 0 saturated heterocycles. The third-order valence-electron chi connectivity index (χ3n) is 4.15. The number of ketones is 1. The zero-order valence-electron chi connectivity index (χ0n) is 12.7. The molecular weight excluding hydrogens is 371 g/mol. The highest BCUT2D eigenvalue weighted by Crippen LogP contribution is 2.50. The lowest BCUT2D eigenvalue weighted by molar-refractivity contribution is -0.115. The van der Waals surface area contributed by atoms with Gasteiger partial charge in [-0.1, -0.05) is 38.3 Å². The van der Waals surface area contributed by atoms with Crippen molar-refractivity contribution >= 4 is 38.9 Å². The summed E-state index contributed by atoms with van der Waals surface area (Å²) in [5.74, 6) is -1.02. The Bertz CT molecular complexity index is 638. The number of halogens is 3.